The molecule has 12 nitrogen and oxygen atoms in total. The quantitative estimate of drug-likeness (QED) is 0.427. The lowest BCUT2D eigenvalue weighted by atomic mass is 10.1. The minimum atomic E-state index is -0.797. The molecule has 2 aromatic heterocycles. The third-order valence-corrected chi connectivity index (χ3v) is 6.54. The van der Waals surface area contributed by atoms with E-state index in [0.29, 0.717) is 36.4 Å². The summed E-state index contributed by atoms with van der Waals surface area (Å²) in [4.78, 5) is 43.6. The molecule has 2 amide bonds. The van der Waals surface area contributed by atoms with Crippen molar-refractivity contribution in [1.82, 2.24) is 29.7 Å². The van der Waals surface area contributed by atoms with E-state index in [1.807, 2.05) is 23.1 Å². The van der Waals surface area contributed by atoms with E-state index in [1.165, 1.54) is 4.90 Å². The van der Waals surface area contributed by atoms with Gasteiger partial charge in [-0.15, -0.1) is 0 Å². The lowest BCUT2D eigenvalue weighted by Gasteiger charge is -2.40. The third kappa shape index (κ3) is 6.61. The van der Waals surface area contributed by atoms with E-state index >= 15 is 0 Å². The highest BCUT2D eigenvalue weighted by atomic mass is 16.6. The van der Waals surface area contributed by atoms with Gasteiger partial charge in [-0.2, -0.15) is 4.98 Å². The second-order valence-electron chi connectivity index (χ2n) is 10.1. The maximum atomic E-state index is 13.6. The molecule has 0 aliphatic carbocycles. The van der Waals surface area contributed by atoms with Crippen LogP contribution in [0.5, 0.6) is 11.5 Å². The van der Waals surface area contributed by atoms with E-state index in [1.54, 1.807) is 57.4 Å². The van der Waals surface area contributed by atoms with Crippen molar-refractivity contribution in [2.45, 2.75) is 52.3 Å². The molecule has 1 atom stereocenters. The molecule has 1 unspecified atom stereocenters. The number of carbonyl (C=O) groups excluding carboxylic acids is 2. The van der Waals surface area contributed by atoms with Crippen LogP contribution in [0.25, 0.3) is 5.95 Å². The molecular weight excluding hydrogens is 514 g/mol. The predicted octanol–water partition coefficient (Wildman–Crippen LogP) is 3.15. The highest BCUT2D eigenvalue weighted by Crippen LogP contribution is 2.28. The number of imidazole rings is 1. The summed E-state index contributed by atoms with van der Waals surface area (Å²) in [5, 5.41) is 2.97. The van der Waals surface area contributed by atoms with E-state index in [-0.39, 0.29) is 31.0 Å². The first-order valence-electron chi connectivity index (χ1n) is 13.3. The number of methoxy groups -OCH3 is 2. The normalized spacial score (nSPS) is 15.3. The second-order valence-corrected chi connectivity index (χ2v) is 10.1. The molecule has 40 heavy (non-hydrogen) atoms. The van der Waals surface area contributed by atoms with Gasteiger partial charge in [0.25, 0.3) is 0 Å². The van der Waals surface area contributed by atoms with Crippen LogP contribution in [0.15, 0.2) is 43.0 Å². The van der Waals surface area contributed by atoms with Crippen molar-refractivity contribution in [1.29, 1.82) is 0 Å². The Morgan fingerprint density at radius 2 is 1.82 bits per heavy atom. The number of amides is 2. The lowest BCUT2D eigenvalue weighted by molar-refractivity contribution is -0.126. The molecule has 1 aliphatic rings. The maximum Gasteiger partial charge on any atom is 0.410 e. The van der Waals surface area contributed by atoms with Crippen LogP contribution in [-0.4, -0.2) is 82.4 Å². The molecule has 0 spiro atoms. The van der Waals surface area contributed by atoms with Gasteiger partial charge < -0.3 is 24.4 Å². The van der Waals surface area contributed by atoms with Crippen LogP contribution < -0.4 is 19.7 Å². The Kier molecular flexibility index (Phi) is 9.08. The van der Waals surface area contributed by atoms with Gasteiger partial charge >= 0.3 is 6.09 Å². The fourth-order valence-corrected chi connectivity index (χ4v) is 4.39. The van der Waals surface area contributed by atoms with Crippen molar-refractivity contribution in [2.24, 2.45) is 0 Å². The predicted molar refractivity (Wildman–Crippen MR) is 149 cm³/mol. The van der Waals surface area contributed by atoms with Crippen molar-refractivity contribution in [2.75, 3.05) is 38.8 Å². The molecule has 0 bridgehead atoms. The average Bonchev–Trinajstić information content (AvgIpc) is 3.50. The summed E-state index contributed by atoms with van der Waals surface area (Å²) in [5.41, 5.74) is 1.70. The summed E-state index contributed by atoms with van der Waals surface area (Å²) in [5.74, 6) is 2.20. The van der Waals surface area contributed by atoms with Gasteiger partial charge in [0.1, 0.15) is 18.2 Å². The zero-order valence-corrected chi connectivity index (χ0v) is 23.8. The summed E-state index contributed by atoms with van der Waals surface area (Å²) in [6.45, 7) is 8.95. The summed E-state index contributed by atoms with van der Waals surface area (Å²) in [6.07, 6.45) is 4.27. The molecule has 1 N–H and O–H groups in total. The Bertz CT molecular complexity index is 1310. The summed E-state index contributed by atoms with van der Waals surface area (Å²) < 4.78 is 17.9. The third-order valence-electron chi connectivity index (χ3n) is 6.54. The van der Waals surface area contributed by atoms with Crippen molar-refractivity contribution in [3.8, 4) is 17.4 Å². The second kappa shape index (κ2) is 12.7. The number of rotatable bonds is 9. The van der Waals surface area contributed by atoms with Gasteiger partial charge in [-0.25, -0.2) is 14.8 Å². The molecule has 0 radical (unpaired) electrons. The van der Waals surface area contributed by atoms with Crippen molar-refractivity contribution < 1.29 is 23.8 Å². The Balaban J connectivity index is 1.58. The first-order chi connectivity index (χ1) is 19.2. The summed E-state index contributed by atoms with van der Waals surface area (Å²) in [7, 11) is 3.13. The molecule has 1 aliphatic heterocycles. The van der Waals surface area contributed by atoms with Crippen LogP contribution in [0.4, 0.5) is 10.6 Å². The summed E-state index contributed by atoms with van der Waals surface area (Å²) in [6, 6.07) is 6.59. The average molecular weight is 552 g/mol. The van der Waals surface area contributed by atoms with Gasteiger partial charge in [-0.1, -0.05) is 19.9 Å². The van der Waals surface area contributed by atoms with E-state index in [0.717, 1.165) is 11.3 Å². The van der Waals surface area contributed by atoms with E-state index < -0.39 is 12.1 Å². The smallest absolute Gasteiger partial charge is 0.410 e. The molecule has 0 saturated carbocycles. The Morgan fingerprint density at radius 1 is 1.05 bits per heavy atom. The Morgan fingerprint density at radius 3 is 2.48 bits per heavy atom. The minimum Gasteiger partial charge on any atom is -0.493 e. The van der Waals surface area contributed by atoms with E-state index in [9.17, 15) is 9.59 Å². The number of ether oxygens (including phenoxy) is 3. The Hall–Kier alpha value is -4.35. The van der Waals surface area contributed by atoms with Crippen LogP contribution in [0.1, 0.15) is 44.9 Å². The molecule has 3 heterocycles. The molecule has 12 heteroatoms. The lowest BCUT2D eigenvalue weighted by Crippen LogP contribution is -2.61. The summed E-state index contributed by atoms with van der Waals surface area (Å²) >= 11 is 0. The number of nitrogens with one attached hydrogen (secondary N) is 1. The van der Waals surface area contributed by atoms with E-state index in [2.05, 4.69) is 24.1 Å². The molecule has 3 aromatic rings. The Labute approximate surface area is 234 Å². The topological polar surface area (TPSA) is 124 Å². The maximum absolute atomic E-state index is 13.6. The largest absolute Gasteiger partial charge is 0.493 e. The van der Waals surface area contributed by atoms with Crippen molar-refractivity contribution >= 4 is 17.8 Å². The number of carbonyl (C=O) groups is 2. The molecule has 1 fully saturated rings. The highest BCUT2D eigenvalue weighted by Gasteiger charge is 2.37. The fourth-order valence-electron chi connectivity index (χ4n) is 4.39. The van der Waals surface area contributed by atoms with Crippen molar-refractivity contribution in [3.63, 3.8) is 0 Å². The van der Waals surface area contributed by atoms with Gasteiger partial charge in [0.15, 0.2) is 11.5 Å². The van der Waals surface area contributed by atoms with Crippen LogP contribution in [0.3, 0.4) is 0 Å². The highest BCUT2D eigenvalue weighted by molar-refractivity contribution is 5.86. The van der Waals surface area contributed by atoms with Crippen LogP contribution in [0.2, 0.25) is 0 Å². The molecule has 1 aromatic carbocycles. The van der Waals surface area contributed by atoms with Gasteiger partial charge in [-0.05, 0) is 37.5 Å². The standard InChI is InChI=1S/C28H37N7O5/c1-18(2)21-14-25(32-27(31-21)34-10-9-29-17-34)33-11-12-35(28(37)40-19(3)4)22(16-33)26(36)30-15-20-7-8-23(38-5)24(13-20)39-6/h7-10,13-14,17-19,22H,11-12,15-16H2,1-6H3,(H,30,36). The van der Waals surface area contributed by atoms with Crippen LogP contribution in [0, 0.1) is 0 Å². The molecule has 4 rings (SSSR count). The van der Waals surface area contributed by atoms with Gasteiger partial charge in [-0.3, -0.25) is 14.3 Å². The zero-order chi connectivity index (χ0) is 28.8. The van der Waals surface area contributed by atoms with Crippen LogP contribution in [-0.2, 0) is 16.1 Å². The zero-order valence-electron chi connectivity index (χ0n) is 23.8. The number of aromatic nitrogens is 4. The van der Waals surface area contributed by atoms with Gasteiger partial charge in [0, 0.05) is 44.6 Å². The SMILES string of the molecule is COc1ccc(CNC(=O)C2CN(c3cc(C(C)C)nc(-n4ccnc4)n3)CCN2C(=O)OC(C)C)cc1OC. The van der Waals surface area contributed by atoms with Crippen LogP contribution >= 0.6 is 0 Å². The van der Waals surface area contributed by atoms with Gasteiger partial charge in [0.05, 0.1) is 26.0 Å². The number of hydrogen-bond donors (Lipinski definition) is 1. The monoisotopic (exact) mass is 551 g/mol. The first-order valence-corrected chi connectivity index (χ1v) is 13.3. The first kappa shape index (κ1) is 28.7. The van der Waals surface area contributed by atoms with Crippen molar-refractivity contribution in [3.05, 3.63) is 54.2 Å². The number of piperazine rings is 1. The van der Waals surface area contributed by atoms with Gasteiger partial charge in [0.2, 0.25) is 11.9 Å². The number of nitrogens with zero attached hydrogens (tertiary/aromatic N) is 6. The molecular formula is C28H37N7O5. The minimum absolute atomic E-state index is 0.159. The molecule has 214 valence electrons. The number of hydrogen-bond acceptors (Lipinski definition) is 9. The fraction of sp³-hybridized carbons (Fsp3) is 0.464. The number of benzene rings is 1. The van der Waals surface area contributed by atoms with E-state index in [4.69, 9.17) is 24.2 Å². The number of anilines is 1. The molecule has 1 saturated heterocycles.